The van der Waals surface area contributed by atoms with Crippen molar-refractivity contribution in [3.8, 4) is 5.75 Å². The van der Waals surface area contributed by atoms with Gasteiger partial charge in [-0.05, 0) is 76.1 Å². The van der Waals surface area contributed by atoms with Crippen LogP contribution >= 0.6 is 0 Å². The first kappa shape index (κ1) is 24.1. The Balaban J connectivity index is 1.42. The Morgan fingerprint density at radius 3 is 2.22 bits per heavy atom. The van der Waals surface area contributed by atoms with E-state index in [2.05, 4.69) is 26.1 Å². The number of likely N-dealkylation sites (tertiary alicyclic amines) is 1. The second kappa shape index (κ2) is 11.3. The van der Waals surface area contributed by atoms with E-state index in [1.807, 2.05) is 4.90 Å². The Bertz CT molecular complexity index is 784. The fraction of sp³-hybridized carbons (Fsp3) is 0.640. The summed E-state index contributed by atoms with van der Waals surface area (Å²) in [5.41, 5.74) is 0.334. The highest BCUT2D eigenvalue weighted by Gasteiger charge is 2.29. The molecule has 176 valence electrons. The zero-order valence-corrected chi connectivity index (χ0v) is 19.5. The van der Waals surface area contributed by atoms with Crippen LogP contribution in [-0.4, -0.2) is 54.0 Å². The first-order valence-electron chi connectivity index (χ1n) is 11.9. The van der Waals surface area contributed by atoms with Crippen molar-refractivity contribution in [3.05, 3.63) is 29.8 Å². The van der Waals surface area contributed by atoms with Crippen molar-refractivity contribution in [1.29, 1.82) is 0 Å². The summed E-state index contributed by atoms with van der Waals surface area (Å²) >= 11 is 0. The number of piperidine rings is 1. The third-order valence-electron chi connectivity index (χ3n) is 6.73. The molecule has 4 atom stereocenters. The molecule has 7 nitrogen and oxygen atoms in total. The molecule has 3 rings (SSSR count). The number of benzene rings is 1. The van der Waals surface area contributed by atoms with Crippen LogP contribution in [0.4, 0.5) is 0 Å². The Kier molecular flexibility index (Phi) is 8.53. The van der Waals surface area contributed by atoms with Gasteiger partial charge in [-0.3, -0.25) is 9.59 Å². The molecule has 1 N–H and O–H groups in total. The number of esters is 1. The van der Waals surface area contributed by atoms with Gasteiger partial charge in [0.25, 0.3) is 11.8 Å². The number of ether oxygens (including phenoxy) is 2. The molecule has 1 aliphatic heterocycles. The van der Waals surface area contributed by atoms with E-state index in [1.54, 1.807) is 24.3 Å². The van der Waals surface area contributed by atoms with Gasteiger partial charge in [0.1, 0.15) is 5.75 Å². The summed E-state index contributed by atoms with van der Waals surface area (Å²) in [4.78, 5) is 38.9. The van der Waals surface area contributed by atoms with Crippen molar-refractivity contribution in [2.45, 2.75) is 83.8 Å². The van der Waals surface area contributed by atoms with Crippen LogP contribution in [-0.2, 0) is 14.3 Å². The molecule has 32 heavy (non-hydrogen) atoms. The van der Waals surface area contributed by atoms with Gasteiger partial charge in [0.05, 0.1) is 5.56 Å². The van der Waals surface area contributed by atoms with E-state index in [-0.39, 0.29) is 43.2 Å². The lowest BCUT2D eigenvalue weighted by molar-refractivity contribution is -0.139. The van der Waals surface area contributed by atoms with E-state index < -0.39 is 5.97 Å². The normalized spacial score (nSPS) is 25.7. The summed E-state index contributed by atoms with van der Waals surface area (Å²) in [7, 11) is 0. The number of carbonyl (C=O) groups excluding carboxylic acids is 3. The quantitative estimate of drug-likeness (QED) is 0.648. The van der Waals surface area contributed by atoms with Gasteiger partial charge in [-0.2, -0.15) is 0 Å². The third kappa shape index (κ3) is 6.47. The van der Waals surface area contributed by atoms with Crippen molar-refractivity contribution in [2.75, 3.05) is 13.2 Å². The summed E-state index contributed by atoms with van der Waals surface area (Å²) in [6.45, 7) is 5.97. The van der Waals surface area contributed by atoms with E-state index in [1.165, 1.54) is 6.42 Å². The lowest BCUT2D eigenvalue weighted by Crippen LogP contribution is -2.49. The van der Waals surface area contributed by atoms with Crippen molar-refractivity contribution in [1.82, 2.24) is 10.2 Å². The first-order chi connectivity index (χ1) is 15.3. The smallest absolute Gasteiger partial charge is 0.338 e. The van der Waals surface area contributed by atoms with E-state index in [9.17, 15) is 14.4 Å². The Morgan fingerprint density at radius 2 is 1.56 bits per heavy atom. The number of nitrogens with one attached hydrogen (secondary N) is 1. The molecule has 1 aromatic rings. The van der Waals surface area contributed by atoms with Crippen LogP contribution < -0.4 is 10.1 Å². The summed E-state index contributed by atoms with van der Waals surface area (Å²) in [6, 6.07) is 7.04. The average molecular weight is 445 g/mol. The van der Waals surface area contributed by atoms with Crippen LogP contribution in [0.5, 0.6) is 5.75 Å². The van der Waals surface area contributed by atoms with E-state index in [4.69, 9.17) is 9.47 Å². The maximum atomic E-state index is 12.6. The van der Waals surface area contributed by atoms with Crippen molar-refractivity contribution in [3.63, 3.8) is 0 Å². The Labute approximate surface area is 190 Å². The number of hydrogen-bond donors (Lipinski definition) is 1. The maximum Gasteiger partial charge on any atom is 0.338 e. The van der Waals surface area contributed by atoms with E-state index in [0.29, 0.717) is 17.2 Å². The van der Waals surface area contributed by atoms with Crippen LogP contribution in [0.1, 0.15) is 76.1 Å². The van der Waals surface area contributed by atoms with Crippen molar-refractivity contribution in [2.24, 2.45) is 5.92 Å². The molecule has 2 fully saturated rings. The largest absolute Gasteiger partial charge is 0.484 e. The molecule has 0 bridgehead atoms. The monoisotopic (exact) mass is 444 g/mol. The third-order valence-corrected chi connectivity index (χ3v) is 6.73. The van der Waals surface area contributed by atoms with Gasteiger partial charge in [-0.15, -0.1) is 0 Å². The average Bonchev–Trinajstić information content (AvgIpc) is 2.78. The molecule has 0 unspecified atom stereocenters. The van der Waals surface area contributed by atoms with Crippen LogP contribution in [0.2, 0.25) is 0 Å². The SMILES string of the molecule is C[C@@H]1CCCC[C@@H]1NC(=O)COC(=O)c1ccc(OCC(=O)N2[C@H](C)CCC[C@H]2C)cc1. The van der Waals surface area contributed by atoms with Crippen LogP contribution in [0.3, 0.4) is 0 Å². The molecule has 0 aromatic heterocycles. The second-order valence-electron chi connectivity index (χ2n) is 9.25. The van der Waals surface area contributed by atoms with E-state index >= 15 is 0 Å². The van der Waals surface area contributed by atoms with Crippen molar-refractivity contribution >= 4 is 17.8 Å². The number of hydrogen-bond acceptors (Lipinski definition) is 5. The minimum atomic E-state index is -0.560. The molecule has 2 amide bonds. The molecule has 0 spiro atoms. The molecule has 1 aromatic carbocycles. The van der Waals surface area contributed by atoms with Gasteiger partial charge in [0.15, 0.2) is 13.2 Å². The zero-order valence-electron chi connectivity index (χ0n) is 19.5. The lowest BCUT2D eigenvalue weighted by Gasteiger charge is -2.38. The summed E-state index contributed by atoms with van der Waals surface area (Å²) in [5.74, 6) is 0.110. The molecule has 1 heterocycles. The molecule has 2 aliphatic rings. The first-order valence-corrected chi connectivity index (χ1v) is 11.9. The predicted molar refractivity (Wildman–Crippen MR) is 121 cm³/mol. The summed E-state index contributed by atoms with van der Waals surface area (Å²) < 4.78 is 10.8. The number of carbonyl (C=O) groups is 3. The second-order valence-corrected chi connectivity index (χ2v) is 9.25. The molecule has 1 saturated carbocycles. The highest BCUT2D eigenvalue weighted by Crippen LogP contribution is 2.24. The lowest BCUT2D eigenvalue weighted by atomic mass is 9.86. The van der Waals surface area contributed by atoms with Crippen LogP contribution in [0, 0.1) is 5.92 Å². The predicted octanol–water partition coefficient (Wildman–Crippen LogP) is 3.71. The van der Waals surface area contributed by atoms with Gasteiger partial charge >= 0.3 is 5.97 Å². The summed E-state index contributed by atoms with van der Waals surface area (Å²) in [6.07, 6.45) is 7.58. The van der Waals surface area contributed by atoms with Gasteiger partial charge in [-0.1, -0.05) is 19.8 Å². The molecular weight excluding hydrogens is 408 g/mol. The highest BCUT2D eigenvalue weighted by atomic mass is 16.5. The minimum Gasteiger partial charge on any atom is -0.484 e. The fourth-order valence-electron chi connectivity index (χ4n) is 4.81. The number of rotatable bonds is 7. The molecular formula is C25H36N2O5. The van der Waals surface area contributed by atoms with Gasteiger partial charge in [-0.25, -0.2) is 4.79 Å². The zero-order chi connectivity index (χ0) is 23.1. The standard InChI is InChI=1S/C25H36N2O5/c1-17-7-4-5-10-22(17)26-23(28)15-32-25(30)20-11-13-21(14-12-20)31-16-24(29)27-18(2)8-6-9-19(27)3/h11-14,17-19,22H,4-10,15-16H2,1-3H3,(H,26,28)/t17-,18-,19-,22+/m1/s1. The molecule has 1 saturated heterocycles. The molecule has 1 aliphatic carbocycles. The van der Waals surface area contributed by atoms with Crippen LogP contribution in [0.25, 0.3) is 0 Å². The summed E-state index contributed by atoms with van der Waals surface area (Å²) in [5, 5.41) is 2.97. The maximum absolute atomic E-state index is 12.6. The molecule has 0 radical (unpaired) electrons. The Hall–Kier alpha value is -2.57. The molecule has 7 heteroatoms. The van der Waals surface area contributed by atoms with E-state index in [0.717, 1.165) is 38.5 Å². The topological polar surface area (TPSA) is 84.9 Å². The van der Waals surface area contributed by atoms with Gasteiger partial charge in [0, 0.05) is 18.1 Å². The highest BCUT2D eigenvalue weighted by molar-refractivity contribution is 5.91. The number of amides is 2. The van der Waals surface area contributed by atoms with Gasteiger partial charge < -0.3 is 19.7 Å². The van der Waals surface area contributed by atoms with Crippen LogP contribution in [0.15, 0.2) is 24.3 Å². The van der Waals surface area contributed by atoms with Gasteiger partial charge in [0.2, 0.25) is 0 Å². The Morgan fingerprint density at radius 1 is 0.906 bits per heavy atom. The van der Waals surface area contributed by atoms with Crippen molar-refractivity contribution < 1.29 is 23.9 Å². The number of nitrogens with zero attached hydrogens (tertiary/aromatic N) is 1. The minimum absolute atomic E-state index is 0.0218. The fourth-order valence-corrected chi connectivity index (χ4v) is 4.81.